The molecular weight excluding hydrogens is 354 g/mol. The number of anilines is 1. The van der Waals surface area contributed by atoms with Crippen LogP contribution in [0.25, 0.3) is 0 Å². The maximum atomic E-state index is 12.6. The second-order valence-electron chi connectivity index (χ2n) is 7.13. The number of carbonyl (C=O) groups excluding carboxylic acids is 2. The number of amides is 2. The van der Waals surface area contributed by atoms with Crippen molar-refractivity contribution in [2.24, 2.45) is 5.10 Å². The molecule has 0 radical (unpaired) electrons. The summed E-state index contributed by atoms with van der Waals surface area (Å²) in [4.78, 5) is 24.7. The van der Waals surface area contributed by atoms with E-state index in [0.29, 0.717) is 6.42 Å². The summed E-state index contributed by atoms with van der Waals surface area (Å²) in [6.45, 7) is 0. The van der Waals surface area contributed by atoms with Crippen molar-refractivity contribution in [1.82, 2.24) is 5.01 Å². The van der Waals surface area contributed by atoms with Crippen molar-refractivity contribution in [3.05, 3.63) is 29.3 Å². The van der Waals surface area contributed by atoms with E-state index in [-0.39, 0.29) is 41.9 Å². The number of hydrogen-bond donors (Lipinski definition) is 1. The third-order valence-electron chi connectivity index (χ3n) is 5.23. The molecule has 1 atom stereocenters. The number of sulfone groups is 1. The van der Waals surface area contributed by atoms with Gasteiger partial charge in [-0.05, 0) is 48.9 Å². The summed E-state index contributed by atoms with van der Waals surface area (Å²) in [6.07, 6.45) is 4.06. The number of rotatable bonds is 3. The number of hydrazone groups is 1. The van der Waals surface area contributed by atoms with Crippen LogP contribution in [0.3, 0.4) is 0 Å². The van der Waals surface area contributed by atoms with Gasteiger partial charge in [0.2, 0.25) is 5.91 Å². The molecule has 1 aromatic carbocycles. The third kappa shape index (κ3) is 3.38. The van der Waals surface area contributed by atoms with Crippen molar-refractivity contribution in [3.8, 4) is 0 Å². The van der Waals surface area contributed by atoms with Gasteiger partial charge in [0.25, 0.3) is 5.91 Å². The van der Waals surface area contributed by atoms with Crippen LogP contribution in [0.5, 0.6) is 0 Å². The summed E-state index contributed by atoms with van der Waals surface area (Å²) in [6, 6.07) is 5.46. The Kier molecular flexibility index (Phi) is 4.30. The van der Waals surface area contributed by atoms with Crippen molar-refractivity contribution >= 4 is 33.1 Å². The van der Waals surface area contributed by atoms with Gasteiger partial charge in [0.05, 0.1) is 17.5 Å². The quantitative estimate of drug-likeness (QED) is 0.861. The molecule has 3 aliphatic rings. The molecular formula is C18H21N3O4S. The minimum Gasteiger partial charge on any atom is -0.321 e. The fraction of sp³-hybridized carbons (Fsp3) is 0.500. The molecule has 0 saturated carbocycles. The Labute approximate surface area is 152 Å². The number of nitrogens with zero attached hydrogens (tertiary/aromatic N) is 2. The molecule has 2 heterocycles. The Bertz CT molecular complexity index is 907. The van der Waals surface area contributed by atoms with Crippen molar-refractivity contribution in [1.29, 1.82) is 0 Å². The predicted octanol–water partition coefficient (Wildman–Crippen LogP) is 1.28. The van der Waals surface area contributed by atoms with Crippen molar-refractivity contribution in [2.75, 3.05) is 16.8 Å². The van der Waals surface area contributed by atoms with Crippen LogP contribution in [0.15, 0.2) is 23.3 Å². The second kappa shape index (κ2) is 6.50. The van der Waals surface area contributed by atoms with Gasteiger partial charge >= 0.3 is 0 Å². The van der Waals surface area contributed by atoms with E-state index < -0.39 is 15.9 Å². The highest BCUT2D eigenvalue weighted by Crippen LogP contribution is 2.26. The van der Waals surface area contributed by atoms with Crippen LogP contribution >= 0.6 is 0 Å². The molecule has 1 aromatic rings. The average molecular weight is 375 g/mol. The first-order chi connectivity index (χ1) is 12.4. The van der Waals surface area contributed by atoms with Gasteiger partial charge in [0.1, 0.15) is 5.71 Å². The minimum absolute atomic E-state index is 0.0631. The summed E-state index contributed by atoms with van der Waals surface area (Å²) in [7, 11) is -3.12. The highest BCUT2D eigenvalue weighted by molar-refractivity contribution is 7.91. The van der Waals surface area contributed by atoms with E-state index in [4.69, 9.17) is 0 Å². The summed E-state index contributed by atoms with van der Waals surface area (Å²) in [5, 5.41) is 8.27. The smallest absolute Gasteiger partial charge is 0.271 e. The SMILES string of the molecule is O=C(Nc1ccc2c(c1)CCC2)C1=NN(C2CCS(=O)(=O)C2)C(=O)CC1. The number of carbonyl (C=O) groups is 2. The molecule has 2 aliphatic heterocycles. The van der Waals surface area contributed by atoms with Gasteiger partial charge in [-0.3, -0.25) is 9.59 Å². The highest BCUT2D eigenvalue weighted by Gasteiger charge is 2.37. The molecule has 4 rings (SSSR count). The molecule has 7 nitrogen and oxygen atoms in total. The van der Waals surface area contributed by atoms with Crippen LogP contribution < -0.4 is 5.32 Å². The van der Waals surface area contributed by atoms with Gasteiger partial charge in [-0.15, -0.1) is 0 Å². The Hall–Kier alpha value is -2.22. The maximum Gasteiger partial charge on any atom is 0.271 e. The molecule has 0 spiro atoms. The third-order valence-corrected chi connectivity index (χ3v) is 6.98. The summed E-state index contributed by atoms with van der Waals surface area (Å²) in [5.74, 6) is -0.572. The Balaban J connectivity index is 1.50. The molecule has 2 amide bonds. The fourth-order valence-electron chi connectivity index (χ4n) is 3.84. The molecule has 8 heteroatoms. The monoisotopic (exact) mass is 375 g/mol. The minimum atomic E-state index is -3.12. The van der Waals surface area contributed by atoms with Gasteiger partial charge in [0, 0.05) is 18.5 Å². The zero-order valence-electron chi connectivity index (χ0n) is 14.4. The lowest BCUT2D eigenvalue weighted by molar-refractivity contribution is -0.133. The zero-order chi connectivity index (χ0) is 18.3. The standard InChI is InChI=1S/C18H21N3O4S/c22-17-7-6-16(20-21(17)15-8-9-26(24,25)11-15)18(23)19-14-5-4-12-2-1-3-13(12)10-14/h4-5,10,15H,1-3,6-9,11H2,(H,19,23). The first-order valence-corrected chi connectivity index (χ1v) is 10.8. The van der Waals surface area contributed by atoms with Crippen LogP contribution in [-0.2, 0) is 32.3 Å². The number of aryl methyl sites for hydroxylation is 2. The van der Waals surface area contributed by atoms with Gasteiger partial charge < -0.3 is 5.32 Å². The molecule has 1 N–H and O–H groups in total. The van der Waals surface area contributed by atoms with Crippen molar-refractivity contribution < 1.29 is 18.0 Å². The largest absolute Gasteiger partial charge is 0.321 e. The Morgan fingerprint density at radius 3 is 2.73 bits per heavy atom. The summed E-state index contributed by atoms with van der Waals surface area (Å²) < 4.78 is 23.3. The molecule has 1 saturated heterocycles. The highest BCUT2D eigenvalue weighted by atomic mass is 32.2. The van der Waals surface area contributed by atoms with E-state index in [1.807, 2.05) is 18.2 Å². The molecule has 138 valence electrons. The van der Waals surface area contributed by atoms with Crippen molar-refractivity contribution in [3.63, 3.8) is 0 Å². The Morgan fingerprint density at radius 1 is 1.15 bits per heavy atom. The van der Waals surface area contributed by atoms with E-state index in [9.17, 15) is 18.0 Å². The van der Waals surface area contributed by atoms with E-state index in [1.165, 1.54) is 16.1 Å². The second-order valence-corrected chi connectivity index (χ2v) is 9.36. The number of fused-ring (bicyclic) bond motifs is 1. The van der Waals surface area contributed by atoms with Crippen LogP contribution in [0, 0.1) is 0 Å². The lowest BCUT2D eigenvalue weighted by Crippen LogP contribution is -2.42. The van der Waals surface area contributed by atoms with Crippen LogP contribution in [-0.4, -0.2) is 48.5 Å². The van der Waals surface area contributed by atoms with Crippen molar-refractivity contribution in [2.45, 2.75) is 44.6 Å². The van der Waals surface area contributed by atoms with Gasteiger partial charge in [0.15, 0.2) is 9.84 Å². The first-order valence-electron chi connectivity index (χ1n) is 8.94. The summed E-state index contributed by atoms with van der Waals surface area (Å²) in [5.41, 5.74) is 3.60. The normalized spacial score (nSPS) is 24.3. The van der Waals surface area contributed by atoms with E-state index in [0.717, 1.165) is 24.9 Å². The zero-order valence-corrected chi connectivity index (χ0v) is 15.2. The predicted molar refractivity (Wildman–Crippen MR) is 97.7 cm³/mol. The maximum absolute atomic E-state index is 12.6. The van der Waals surface area contributed by atoms with Gasteiger partial charge in [-0.2, -0.15) is 5.10 Å². The van der Waals surface area contributed by atoms with Gasteiger partial charge in [-0.1, -0.05) is 6.07 Å². The van der Waals surface area contributed by atoms with Crippen LogP contribution in [0.1, 0.15) is 36.8 Å². The van der Waals surface area contributed by atoms with Crippen LogP contribution in [0.2, 0.25) is 0 Å². The lowest BCUT2D eigenvalue weighted by Gasteiger charge is -2.27. The molecule has 1 fully saturated rings. The number of hydrogen-bond acceptors (Lipinski definition) is 5. The Morgan fingerprint density at radius 2 is 1.96 bits per heavy atom. The summed E-state index contributed by atoms with van der Waals surface area (Å²) >= 11 is 0. The topological polar surface area (TPSA) is 95.9 Å². The molecule has 1 unspecified atom stereocenters. The lowest BCUT2D eigenvalue weighted by atomic mass is 10.1. The average Bonchev–Trinajstić information content (AvgIpc) is 3.20. The molecule has 1 aliphatic carbocycles. The number of nitrogens with one attached hydrogen (secondary N) is 1. The number of benzene rings is 1. The van der Waals surface area contributed by atoms with E-state index in [2.05, 4.69) is 10.4 Å². The molecule has 0 bridgehead atoms. The molecule has 26 heavy (non-hydrogen) atoms. The molecule has 0 aromatic heterocycles. The van der Waals surface area contributed by atoms with Gasteiger partial charge in [-0.25, -0.2) is 13.4 Å². The first kappa shape index (κ1) is 17.2. The van der Waals surface area contributed by atoms with E-state index in [1.54, 1.807) is 0 Å². The fourth-order valence-corrected chi connectivity index (χ4v) is 5.53. The van der Waals surface area contributed by atoms with E-state index >= 15 is 0 Å². The van der Waals surface area contributed by atoms with Crippen LogP contribution in [0.4, 0.5) is 5.69 Å².